The lowest BCUT2D eigenvalue weighted by molar-refractivity contribution is 0.288. The summed E-state index contributed by atoms with van der Waals surface area (Å²) in [6, 6.07) is 7.08. The molecule has 0 atom stereocenters. The van der Waals surface area contributed by atoms with E-state index >= 15 is 0 Å². The van der Waals surface area contributed by atoms with E-state index in [0.717, 1.165) is 19.5 Å². The summed E-state index contributed by atoms with van der Waals surface area (Å²) in [6.45, 7) is 15.1. The molecule has 0 aromatic heterocycles. The second-order valence-electron chi connectivity index (χ2n) is 7.10. The van der Waals surface area contributed by atoms with Gasteiger partial charge in [-0.3, -0.25) is 0 Å². The van der Waals surface area contributed by atoms with Crippen molar-refractivity contribution in [2.45, 2.75) is 66.1 Å². The SMILES string of the molecule is Cc1ccc(N(CCCO)C(C)C)c(CNC(C)(C)C)c1. The third-order valence-corrected chi connectivity index (χ3v) is 3.53. The normalized spacial score (nSPS) is 12.0. The van der Waals surface area contributed by atoms with Crippen molar-refractivity contribution in [1.82, 2.24) is 5.32 Å². The molecule has 0 aliphatic carbocycles. The van der Waals surface area contributed by atoms with Gasteiger partial charge in [-0.25, -0.2) is 0 Å². The van der Waals surface area contributed by atoms with Crippen molar-refractivity contribution in [2.75, 3.05) is 18.1 Å². The Hall–Kier alpha value is -1.06. The average Bonchev–Trinajstić information content (AvgIpc) is 2.37. The van der Waals surface area contributed by atoms with E-state index in [1.54, 1.807) is 0 Å². The first kappa shape index (κ1) is 18.0. The Kier molecular flexibility index (Phi) is 6.69. The van der Waals surface area contributed by atoms with Crippen LogP contribution in [0.25, 0.3) is 0 Å². The third kappa shape index (κ3) is 6.06. The molecule has 1 aromatic carbocycles. The van der Waals surface area contributed by atoms with Crippen molar-refractivity contribution in [3.63, 3.8) is 0 Å². The molecule has 21 heavy (non-hydrogen) atoms. The lowest BCUT2D eigenvalue weighted by Crippen LogP contribution is -2.37. The number of anilines is 1. The van der Waals surface area contributed by atoms with Crippen LogP contribution in [0, 0.1) is 6.92 Å². The second-order valence-corrected chi connectivity index (χ2v) is 7.10. The van der Waals surface area contributed by atoms with Crippen LogP contribution in [0.4, 0.5) is 5.69 Å². The van der Waals surface area contributed by atoms with E-state index in [1.807, 2.05) is 0 Å². The molecule has 120 valence electrons. The predicted octanol–water partition coefficient (Wildman–Crippen LogP) is 3.48. The highest BCUT2D eigenvalue weighted by Crippen LogP contribution is 2.25. The summed E-state index contributed by atoms with van der Waals surface area (Å²) in [6.07, 6.45) is 0.804. The number of benzene rings is 1. The van der Waals surface area contributed by atoms with E-state index in [0.29, 0.717) is 6.04 Å². The van der Waals surface area contributed by atoms with Gasteiger partial charge in [-0.05, 0) is 59.6 Å². The number of aliphatic hydroxyl groups is 1. The van der Waals surface area contributed by atoms with Crippen LogP contribution in [0.1, 0.15) is 52.2 Å². The maximum Gasteiger partial charge on any atom is 0.0447 e. The third-order valence-electron chi connectivity index (χ3n) is 3.53. The predicted molar refractivity (Wildman–Crippen MR) is 92.0 cm³/mol. The van der Waals surface area contributed by atoms with Crippen molar-refractivity contribution < 1.29 is 5.11 Å². The molecule has 0 unspecified atom stereocenters. The molecule has 0 saturated carbocycles. The van der Waals surface area contributed by atoms with Crippen LogP contribution in [0.5, 0.6) is 0 Å². The minimum absolute atomic E-state index is 0.106. The molecule has 0 aliphatic heterocycles. The first-order valence-corrected chi connectivity index (χ1v) is 7.96. The smallest absolute Gasteiger partial charge is 0.0447 e. The second kappa shape index (κ2) is 7.81. The van der Waals surface area contributed by atoms with Gasteiger partial charge < -0.3 is 15.3 Å². The van der Waals surface area contributed by atoms with Gasteiger partial charge in [0.15, 0.2) is 0 Å². The van der Waals surface area contributed by atoms with Gasteiger partial charge in [0.1, 0.15) is 0 Å². The number of hydrogen-bond donors (Lipinski definition) is 2. The number of hydrogen-bond acceptors (Lipinski definition) is 3. The van der Waals surface area contributed by atoms with Crippen molar-refractivity contribution >= 4 is 5.69 Å². The Morgan fingerprint density at radius 1 is 1.24 bits per heavy atom. The zero-order valence-electron chi connectivity index (χ0n) is 14.5. The Balaban J connectivity index is 3.02. The Labute approximate surface area is 130 Å². The Bertz CT molecular complexity index is 435. The van der Waals surface area contributed by atoms with E-state index in [-0.39, 0.29) is 12.1 Å². The first-order chi connectivity index (χ1) is 9.74. The van der Waals surface area contributed by atoms with Crippen molar-refractivity contribution in [3.8, 4) is 0 Å². The van der Waals surface area contributed by atoms with Crippen LogP contribution in [-0.2, 0) is 6.54 Å². The average molecular weight is 292 g/mol. The minimum atomic E-state index is 0.106. The van der Waals surface area contributed by atoms with Gasteiger partial charge in [-0.1, -0.05) is 17.7 Å². The van der Waals surface area contributed by atoms with Crippen LogP contribution in [0.3, 0.4) is 0 Å². The fraction of sp³-hybridized carbons (Fsp3) is 0.667. The summed E-state index contributed by atoms with van der Waals surface area (Å²) in [4.78, 5) is 2.38. The molecular formula is C18H32N2O. The summed E-state index contributed by atoms with van der Waals surface area (Å²) in [5.41, 5.74) is 4.00. The van der Waals surface area contributed by atoms with E-state index in [9.17, 15) is 0 Å². The highest BCUT2D eigenvalue weighted by Gasteiger charge is 2.16. The van der Waals surface area contributed by atoms with E-state index < -0.39 is 0 Å². The molecule has 3 nitrogen and oxygen atoms in total. The van der Waals surface area contributed by atoms with Gasteiger partial charge in [0, 0.05) is 37.0 Å². The fourth-order valence-corrected chi connectivity index (χ4v) is 2.39. The Morgan fingerprint density at radius 2 is 1.90 bits per heavy atom. The lowest BCUT2D eigenvalue weighted by Gasteiger charge is -2.32. The molecule has 1 aromatic rings. The molecule has 0 spiro atoms. The molecule has 0 fully saturated rings. The fourth-order valence-electron chi connectivity index (χ4n) is 2.39. The Morgan fingerprint density at radius 3 is 2.43 bits per heavy atom. The van der Waals surface area contributed by atoms with Crippen molar-refractivity contribution in [1.29, 1.82) is 0 Å². The van der Waals surface area contributed by atoms with Crippen LogP contribution < -0.4 is 10.2 Å². The van der Waals surface area contributed by atoms with Crippen molar-refractivity contribution in [2.24, 2.45) is 0 Å². The zero-order chi connectivity index (χ0) is 16.0. The van der Waals surface area contributed by atoms with Crippen LogP contribution in [0.15, 0.2) is 18.2 Å². The van der Waals surface area contributed by atoms with Crippen LogP contribution >= 0.6 is 0 Å². The molecule has 1 rings (SSSR count). The molecule has 3 heteroatoms. The number of nitrogens with one attached hydrogen (secondary N) is 1. The quantitative estimate of drug-likeness (QED) is 0.807. The van der Waals surface area contributed by atoms with E-state index in [1.165, 1.54) is 16.8 Å². The summed E-state index contributed by atoms with van der Waals surface area (Å²) < 4.78 is 0. The van der Waals surface area contributed by atoms with Crippen LogP contribution in [0.2, 0.25) is 0 Å². The standard InChI is InChI=1S/C18H32N2O/c1-14(2)20(10-7-11-21)17-9-8-15(3)12-16(17)13-19-18(4,5)6/h8-9,12,14,19,21H,7,10-11,13H2,1-6H3. The zero-order valence-corrected chi connectivity index (χ0v) is 14.5. The molecule has 0 amide bonds. The summed E-state index contributed by atoms with van der Waals surface area (Å²) >= 11 is 0. The number of rotatable bonds is 7. The van der Waals surface area contributed by atoms with Gasteiger partial charge in [-0.2, -0.15) is 0 Å². The van der Waals surface area contributed by atoms with Gasteiger partial charge >= 0.3 is 0 Å². The van der Waals surface area contributed by atoms with E-state index in [4.69, 9.17) is 5.11 Å². The minimum Gasteiger partial charge on any atom is -0.396 e. The monoisotopic (exact) mass is 292 g/mol. The summed E-state index contributed by atoms with van der Waals surface area (Å²) in [5.74, 6) is 0. The van der Waals surface area contributed by atoms with Crippen molar-refractivity contribution in [3.05, 3.63) is 29.3 Å². The van der Waals surface area contributed by atoms with Crippen LogP contribution in [-0.4, -0.2) is 29.8 Å². The summed E-state index contributed by atoms with van der Waals surface area (Å²) in [5, 5.41) is 12.7. The molecule has 0 radical (unpaired) electrons. The maximum atomic E-state index is 9.13. The number of aliphatic hydroxyl groups excluding tert-OH is 1. The number of nitrogens with zero attached hydrogens (tertiary/aromatic N) is 1. The van der Waals surface area contributed by atoms with Gasteiger partial charge in [-0.15, -0.1) is 0 Å². The molecule has 0 saturated heterocycles. The topological polar surface area (TPSA) is 35.5 Å². The first-order valence-electron chi connectivity index (χ1n) is 7.96. The van der Waals surface area contributed by atoms with Gasteiger partial charge in [0.05, 0.1) is 0 Å². The number of aryl methyl sites for hydroxylation is 1. The molecule has 2 N–H and O–H groups in total. The molecule has 0 heterocycles. The van der Waals surface area contributed by atoms with Gasteiger partial charge in [0.25, 0.3) is 0 Å². The van der Waals surface area contributed by atoms with Gasteiger partial charge in [0.2, 0.25) is 0 Å². The molecule has 0 bridgehead atoms. The van der Waals surface area contributed by atoms with E-state index in [2.05, 4.69) is 70.0 Å². The maximum absolute atomic E-state index is 9.13. The molecule has 0 aliphatic rings. The molecular weight excluding hydrogens is 260 g/mol. The summed E-state index contributed by atoms with van der Waals surface area (Å²) in [7, 11) is 0. The highest BCUT2D eigenvalue weighted by molar-refractivity contribution is 5.55. The highest BCUT2D eigenvalue weighted by atomic mass is 16.3. The largest absolute Gasteiger partial charge is 0.396 e. The lowest BCUT2D eigenvalue weighted by atomic mass is 10.0.